The summed E-state index contributed by atoms with van der Waals surface area (Å²) in [7, 11) is 0. The molecule has 3 heterocycles. The molecular formula is C19H20N4O3S2. The van der Waals surface area contributed by atoms with Crippen molar-refractivity contribution in [2.75, 3.05) is 5.32 Å². The Bertz CT molecular complexity index is 951. The number of amides is 1. The number of carbonyl (C=O) groups excluding carboxylic acids is 1. The Kier molecular flexibility index (Phi) is 5.77. The topological polar surface area (TPSA) is 97.2 Å². The highest BCUT2D eigenvalue weighted by Crippen LogP contribution is 2.34. The minimum atomic E-state index is -0.0784. The fourth-order valence-corrected chi connectivity index (χ4v) is 4.68. The first-order chi connectivity index (χ1) is 13.6. The van der Waals surface area contributed by atoms with Crippen molar-refractivity contribution >= 4 is 33.7 Å². The number of aliphatic hydroxyl groups excluding tert-OH is 1. The van der Waals surface area contributed by atoms with Crippen molar-refractivity contribution in [2.24, 2.45) is 5.92 Å². The molecule has 28 heavy (non-hydrogen) atoms. The van der Waals surface area contributed by atoms with Crippen LogP contribution in [0.25, 0.3) is 10.6 Å². The van der Waals surface area contributed by atoms with Crippen LogP contribution in [0, 0.1) is 12.8 Å². The predicted octanol–water partition coefficient (Wildman–Crippen LogP) is 3.40. The van der Waals surface area contributed by atoms with Gasteiger partial charge in [0, 0.05) is 23.7 Å². The zero-order valence-electron chi connectivity index (χ0n) is 15.3. The number of ether oxygens (including phenoxy) is 1. The monoisotopic (exact) mass is 416 g/mol. The lowest BCUT2D eigenvalue weighted by Crippen LogP contribution is -2.39. The summed E-state index contributed by atoms with van der Waals surface area (Å²) in [6.45, 7) is 2.33. The fourth-order valence-electron chi connectivity index (χ4n) is 3.01. The number of nitrogens with zero attached hydrogens (tertiary/aromatic N) is 3. The number of nitrogens with one attached hydrogen (secondary N) is 1. The first-order valence-corrected chi connectivity index (χ1v) is 10.7. The minimum Gasteiger partial charge on any atom is -0.389 e. The molecule has 0 saturated heterocycles. The number of hydrogen-bond donors (Lipinski definition) is 2. The molecule has 1 fully saturated rings. The molecule has 1 aliphatic rings. The van der Waals surface area contributed by atoms with Gasteiger partial charge in [0.15, 0.2) is 5.13 Å². The van der Waals surface area contributed by atoms with E-state index in [0.29, 0.717) is 16.7 Å². The lowest BCUT2D eigenvalue weighted by molar-refractivity contribution is -0.129. The molecule has 146 valence electrons. The summed E-state index contributed by atoms with van der Waals surface area (Å²) in [6, 6.07) is 3.86. The quantitative estimate of drug-likeness (QED) is 0.613. The molecular weight excluding hydrogens is 396 g/mol. The lowest BCUT2D eigenvalue weighted by Gasteiger charge is -2.33. The molecule has 0 radical (unpaired) electrons. The summed E-state index contributed by atoms with van der Waals surface area (Å²) in [5, 5.41) is 15.3. The summed E-state index contributed by atoms with van der Waals surface area (Å²) in [6.07, 6.45) is 5.08. The average Bonchev–Trinajstić information content (AvgIpc) is 3.27. The Morgan fingerprint density at radius 2 is 2.25 bits per heavy atom. The summed E-state index contributed by atoms with van der Waals surface area (Å²) in [5.74, 6) is -0.0587. The molecule has 0 atom stereocenters. The Hall–Kier alpha value is -2.20. The van der Waals surface area contributed by atoms with Gasteiger partial charge in [-0.3, -0.25) is 9.78 Å². The van der Waals surface area contributed by atoms with Crippen molar-refractivity contribution in [3.63, 3.8) is 0 Å². The van der Waals surface area contributed by atoms with Crippen molar-refractivity contribution < 1.29 is 14.6 Å². The van der Waals surface area contributed by atoms with E-state index in [-0.39, 0.29) is 24.5 Å². The van der Waals surface area contributed by atoms with Gasteiger partial charge in [-0.15, -0.1) is 22.7 Å². The second kappa shape index (κ2) is 8.44. The molecule has 0 bridgehead atoms. The molecule has 7 nitrogen and oxygen atoms in total. The van der Waals surface area contributed by atoms with Gasteiger partial charge in [-0.25, -0.2) is 9.97 Å². The molecule has 2 N–H and O–H groups in total. The Balaban J connectivity index is 1.27. The first-order valence-electron chi connectivity index (χ1n) is 8.97. The maximum atomic E-state index is 12.4. The van der Waals surface area contributed by atoms with E-state index in [2.05, 4.69) is 20.3 Å². The number of aryl methyl sites for hydroxylation is 1. The number of thiazole rings is 2. The van der Waals surface area contributed by atoms with Gasteiger partial charge in [0.1, 0.15) is 5.01 Å². The van der Waals surface area contributed by atoms with E-state index in [1.807, 2.05) is 24.4 Å². The molecule has 0 spiro atoms. The van der Waals surface area contributed by atoms with E-state index in [4.69, 9.17) is 4.74 Å². The van der Waals surface area contributed by atoms with Crippen molar-refractivity contribution in [1.29, 1.82) is 0 Å². The van der Waals surface area contributed by atoms with Crippen molar-refractivity contribution in [2.45, 2.75) is 39.1 Å². The molecule has 1 saturated carbocycles. The SMILES string of the molecule is Cc1nc(CO)sc1-c1csc(NC(=O)C2CC(OCc3cccnc3)C2)n1. The number of anilines is 1. The van der Waals surface area contributed by atoms with Gasteiger partial charge in [-0.05, 0) is 31.4 Å². The minimum absolute atomic E-state index is 0.0146. The molecule has 3 aromatic rings. The third-order valence-electron chi connectivity index (χ3n) is 4.62. The number of hydrogen-bond acceptors (Lipinski definition) is 8. The van der Waals surface area contributed by atoms with Gasteiger partial charge in [0.25, 0.3) is 0 Å². The molecule has 3 aromatic heterocycles. The van der Waals surface area contributed by atoms with E-state index in [1.54, 1.807) is 12.4 Å². The van der Waals surface area contributed by atoms with Gasteiger partial charge >= 0.3 is 0 Å². The van der Waals surface area contributed by atoms with Crippen LogP contribution >= 0.6 is 22.7 Å². The van der Waals surface area contributed by atoms with Crippen LogP contribution in [0.4, 0.5) is 5.13 Å². The number of rotatable bonds is 7. The summed E-state index contributed by atoms with van der Waals surface area (Å²) in [5.41, 5.74) is 2.65. The van der Waals surface area contributed by atoms with E-state index in [9.17, 15) is 9.90 Å². The van der Waals surface area contributed by atoms with Crippen LogP contribution in [0.5, 0.6) is 0 Å². The van der Waals surface area contributed by atoms with Crippen LogP contribution in [-0.2, 0) is 22.7 Å². The molecule has 0 unspecified atom stereocenters. The summed E-state index contributed by atoms with van der Waals surface area (Å²) < 4.78 is 5.82. The van der Waals surface area contributed by atoms with Crippen molar-refractivity contribution in [1.82, 2.24) is 15.0 Å². The normalized spacial score (nSPS) is 18.6. The second-order valence-corrected chi connectivity index (χ2v) is 8.61. The molecule has 4 rings (SSSR count). The van der Waals surface area contributed by atoms with E-state index < -0.39 is 0 Å². The van der Waals surface area contributed by atoms with E-state index in [0.717, 1.165) is 34.7 Å². The second-order valence-electron chi connectivity index (χ2n) is 6.67. The third kappa shape index (κ3) is 4.27. The Morgan fingerprint density at radius 3 is 2.96 bits per heavy atom. The Labute approximate surface area is 170 Å². The number of aromatic nitrogens is 3. The first kappa shape index (κ1) is 19.1. The lowest BCUT2D eigenvalue weighted by atomic mass is 9.81. The summed E-state index contributed by atoms with van der Waals surface area (Å²) >= 11 is 2.81. The van der Waals surface area contributed by atoms with Gasteiger partial charge in [0.2, 0.25) is 5.91 Å². The fraction of sp³-hybridized carbons (Fsp3) is 0.368. The third-order valence-corrected chi connectivity index (χ3v) is 6.54. The van der Waals surface area contributed by atoms with E-state index >= 15 is 0 Å². The molecule has 0 aromatic carbocycles. The molecule has 0 aliphatic heterocycles. The number of pyridine rings is 1. The standard InChI is InChI=1S/C19H20N4O3S2/c1-11-17(28-16(8-24)21-11)15-10-27-19(22-15)23-18(25)13-5-14(6-13)26-9-12-3-2-4-20-7-12/h2-4,7,10,13-14,24H,5-6,8-9H2,1H3,(H,22,23,25). The van der Waals surface area contributed by atoms with Gasteiger partial charge in [-0.2, -0.15) is 0 Å². The smallest absolute Gasteiger partial charge is 0.229 e. The Morgan fingerprint density at radius 1 is 1.39 bits per heavy atom. The largest absolute Gasteiger partial charge is 0.389 e. The van der Waals surface area contributed by atoms with Crippen molar-refractivity contribution in [3.05, 3.63) is 46.2 Å². The van der Waals surface area contributed by atoms with E-state index in [1.165, 1.54) is 22.7 Å². The highest BCUT2D eigenvalue weighted by atomic mass is 32.1. The van der Waals surface area contributed by atoms with Crippen molar-refractivity contribution in [3.8, 4) is 10.6 Å². The number of carbonyl (C=O) groups is 1. The van der Waals surface area contributed by atoms with Crippen LogP contribution in [0.3, 0.4) is 0 Å². The maximum absolute atomic E-state index is 12.4. The average molecular weight is 417 g/mol. The molecule has 1 aliphatic carbocycles. The summed E-state index contributed by atoms with van der Waals surface area (Å²) in [4.78, 5) is 26.2. The van der Waals surface area contributed by atoms with Crippen LogP contribution in [0.15, 0.2) is 29.9 Å². The number of aliphatic hydroxyl groups is 1. The maximum Gasteiger partial charge on any atom is 0.229 e. The zero-order valence-corrected chi connectivity index (χ0v) is 16.9. The van der Waals surface area contributed by atoms with Gasteiger partial charge < -0.3 is 15.2 Å². The van der Waals surface area contributed by atoms with Gasteiger partial charge in [0.05, 0.1) is 35.6 Å². The molecule has 9 heteroatoms. The van der Waals surface area contributed by atoms with Crippen LogP contribution in [0.2, 0.25) is 0 Å². The van der Waals surface area contributed by atoms with Crippen LogP contribution in [0.1, 0.15) is 29.1 Å². The van der Waals surface area contributed by atoms with Crippen LogP contribution in [-0.4, -0.2) is 32.1 Å². The zero-order chi connectivity index (χ0) is 19.5. The highest BCUT2D eigenvalue weighted by Gasteiger charge is 2.35. The van der Waals surface area contributed by atoms with Gasteiger partial charge in [-0.1, -0.05) is 6.07 Å². The predicted molar refractivity (Wildman–Crippen MR) is 108 cm³/mol. The van der Waals surface area contributed by atoms with Crippen LogP contribution < -0.4 is 5.32 Å². The highest BCUT2D eigenvalue weighted by molar-refractivity contribution is 7.17. The molecule has 1 amide bonds.